The lowest BCUT2D eigenvalue weighted by Gasteiger charge is -2.34. The Bertz CT molecular complexity index is 788. The molecule has 0 saturated carbocycles. The first kappa shape index (κ1) is 18.1. The maximum Gasteiger partial charge on any atom is 0.244 e. The average Bonchev–Trinajstić information content (AvgIpc) is 3.17. The molecule has 6 nitrogen and oxygen atoms in total. The number of amides is 1. The van der Waals surface area contributed by atoms with Gasteiger partial charge < -0.3 is 14.6 Å². The van der Waals surface area contributed by atoms with E-state index in [4.69, 9.17) is 4.74 Å². The number of fused-ring (bicyclic) bond motifs is 1. The van der Waals surface area contributed by atoms with Gasteiger partial charge in [0.15, 0.2) is 0 Å². The second-order valence-electron chi connectivity index (χ2n) is 7.37. The summed E-state index contributed by atoms with van der Waals surface area (Å²) in [6.07, 6.45) is 5.47. The highest BCUT2D eigenvalue weighted by molar-refractivity contribution is 5.80. The van der Waals surface area contributed by atoms with E-state index in [2.05, 4.69) is 15.2 Å². The number of hydrogen-bond donors (Lipinski definition) is 1. The smallest absolute Gasteiger partial charge is 0.244 e. The molecule has 2 aliphatic rings. The third-order valence-corrected chi connectivity index (χ3v) is 5.46. The van der Waals surface area contributed by atoms with Gasteiger partial charge in [0.1, 0.15) is 11.9 Å². The van der Waals surface area contributed by atoms with Crippen molar-refractivity contribution in [1.82, 2.24) is 19.8 Å². The van der Waals surface area contributed by atoms with Crippen LogP contribution >= 0.6 is 0 Å². The molecule has 1 N–H and O–H groups in total. The monoisotopic (exact) mass is 372 g/mol. The van der Waals surface area contributed by atoms with E-state index in [1.165, 1.54) is 6.07 Å². The minimum atomic E-state index is -0.345. The third-order valence-electron chi connectivity index (χ3n) is 5.46. The number of carbonyl (C=O) groups excluding carboxylic acids is 1. The fourth-order valence-electron chi connectivity index (χ4n) is 3.87. The Morgan fingerprint density at radius 3 is 2.93 bits per heavy atom. The highest BCUT2D eigenvalue weighted by atomic mass is 19.1. The zero-order valence-electron chi connectivity index (χ0n) is 15.3. The standard InChI is InChI=1S/C20H25FN4O2/c21-18-4-2-1-3-16(18)11-24-12-17-10-22-14-25(17)19(13-24)20(26)23-9-15-5-7-27-8-6-15/h1-4,10,14-15,19H,5-9,11-13H2,(H,23,26)/t19-/m0/s1. The zero-order valence-corrected chi connectivity index (χ0v) is 15.3. The number of imidazole rings is 1. The molecule has 0 unspecified atom stereocenters. The second-order valence-corrected chi connectivity index (χ2v) is 7.37. The second kappa shape index (κ2) is 8.19. The lowest BCUT2D eigenvalue weighted by atomic mass is 10.0. The fraction of sp³-hybridized carbons (Fsp3) is 0.500. The topological polar surface area (TPSA) is 59.4 Å². The van der Waals surface area contributed by atoms with Crippen LogP contribution in [0.25, 0.3) is 0 Å². The van der Waals surface area contributed by atoms with Crippen LogP contribution in [-0.2, 0) is 22.6 Å². The molecule has 1 amide bonds. The van der Waals surface area contributed by atoms with E-state index in [1.807, 2.05) is 10.6 Å². The molecule has 0 bridgehead atoms. The third kappa shape index (κ3) is 4.20. The molecule has 0 spiro atoms. The molecule has 4 rings (SSSR count). The summed E-state index contributed by atoms with van der Waals surface area (Å²) in [6.45, 7) is 3.88. The summed E-state index contributed by atoms with van der Waals surface area (Å²) in [7, 11) is 0. The number of carbonyl (C=O) groups is 1. The fourth-order valence-corrected chi connectivity index (χ4v) is 3.87. The van der Waals surface area contributed by atoms with Crippen LogP contribution < -0.4 is 5.32 Å². The van der Waals surface area contributed by atoms with Gasteiger partial charge in [-0.05, 0) is 24.8 Å². The number of halogens is 1. The Morgan fingerprint density at radius 1 is 1.30 bits per heavy atom. The number of ether oxygens (including phenoxy) is 1. The van der Waals surface area contributed by atoms with Crippen LogP contribution in [-0.4, -0.2) is 46.7 Å². The van der Waals surface area contributed by atoms with Gasteiger partial charge in [0, 0.05) is 51.2 Å². The normalized spacial score (nSPS) is 21.0. The van der Waals surface area contributed by atoms with Crippen LogP contribution in [0.3, 0.4) is 0 Å². The summed E-state index contributed by atoms with van der Waals surface area (Å²) < 4.78 is 21.3. The average molecular weight is 372 g/mol. The van der Waals surface area contributed by atoms with Crippen LogP contribution in [0.1, 0.15) is 30.1 Å². The maximum atomic E-state index is 14.0. The van der Waals surface area contributed by atoms with Gasteiger partial charge in [-0.15, -0.1) is 0 Å². The molecule has 0 aliphatic carbocycles. The molecule has 1 aromatic heterocycles. The molecule has 3 heterocycles. The van der Waals surface area contributed by atoms with E-state index >= 15 is 0 Å². The molecule has 1 saturated heterocycles. The van der Waals surface area contributed by atoms with Gasteiger partial charge in [0.05, 0.1) is 12.0 Å². The van der Waals surface area contributed by atoms with Gasteiger partial charge in [-0.1, -0.05) is 18.2 Å². The zero-order chi connectivity index (χ0) is 18.6. The van der Waals surface area contributed by atoms with Crippen molar-refractivity contribution in [2.24, 2.45) is 5.92 Å². The van der Waals surface area contributed by atoms with E-state index < -0.39 is 0 Å². The summed E-state index contributed by atoms with van der Waals surface area (Å²) >= 11 is 0. The van der Waals surface area contributed by atoms with E-state index in [0.29, 0.717) is 37.7 Å². The highest BCUT2D eigenvalue weighted by Crippen LogP contribution is 2.24. The summed E-state index contributed by atoms with van der Waals surface area (Å²) in [5.41, 5.74) is 1.62. The van der Waals surface area contributed by atoms with Crippen molar-refractivity contribution < 1.29 is 13.9 Å². The quantitative estimate of drug-likeness (QED) is 0.874. The van der Waals surface area contributed by atoms with Gasteiger partial charge >= 0.3 is 0 Å². The SMILES string of the molecule is O=C(NCC1CCOCC1)[C@@H]1CN(Cc2ccccc2F)Cc2cncn21. The largest absolute Gasteiger partial charge is 0.381 e. The van der Waals surface area contributed by atoms with Crippen LogP contribution in [0.5, 0.6) is 0 Å². The van der Waals surface area contributed by atoms with Crippen molar-refractivity contribution in [2.45, 2.75) is 32.0 Å². The van der Waals surface area contributed by atoms with Gasteiger partial charge in [-0.25, -0.2) is 9.37 Å². The number of rotatable bonds is 5. The van der Waals surface area contributed by atoms with E-state index in [1.54, 1.807) is 24.7 Å². The van der Waals surface area contributed by atoms with E-state index in [0.717, 1.165) is 31.7 Å². The Kier molecular flexibility index (Phi) is 5.50. The van der Waals surface area contributed by atoms with Gasteiger partial charge in [-0.2, -0.15) is 0 Å². The first-order chi connectivity index (χ1) is 13.2. The van der Waals surface area contributed by atoms with Crippen LogP contribution in [0.15, 0.2) is 36.8 Å². The number of aromatic nitrogens is 2. The van der Waals surface area contributed by atoms with Gasteiger partial charge in [-0.3, -0.25) is 9.69 Å². The number of hydrogen-bond acceptors (Lipinski definition) is 4. The van der Waals surface area contributed by atoms with Crippen LogP contribution in [0.2, 0.25) is 0 Å². The first-order valence-corrected chi connectivity index (χ1v) is 9.52. The number of nitrogens with one attached hydrogen (secondary N) is 1. The van der Waals surface area contributed by atoms with Crippen molar-refractivity contribution in [3.05, 3.63) is 53.9 Å². The molecule has 2 aromatic rings. The molecule has 7 heteroatoms. The highest BCUT2D eigenvalue weighted by Gasteiger charge is 2.30. The summed E-state index contributed by atoms with van der Waals surface area (Å²) in [6, 6.07) is 6.45. The molecular weight excluding hydrogens is 347 g/mol. The van der Waals surface area contributed by atoms with Crippen LogP contribution in [0.4, 0.5) is 4.39 Å². The van der Waals surface area contributed by atoms with Gasteiger partial charge in [0.25, 0.3) is 0 Å². The molecule has 1 aromatic carbocycles. The van der Waals surface area contributed by atoms with Crippen molar-refractivity contribution in [2.75, 3.05) is 26.3 Å². The first-order valence-electron chi connectivity index (χ1n) is 9.52. The van der Waals surface area contributed by atoms with E-state index in [9.17, 15) is 9.18 Å². The van der Waals surface area contributed by atoms with Crippen molar-refractivity contribution >= 4 is 5.91 Å². The summed E-state index contributed by atoms with van der Waals surface area (Å²) in [5, 5.41) is 3.10. The van der Waals surface area contributed by atoms with Crippen molar-refractivity contribution in [3.63, 3.8) is 0 Å². The van der Waals surface area contributed by atoms with Gasteiger partial charge in [0.2, 0.25) is 5.91 Å². The lowest BCUT2D eigenvalue weighted by Crippen LogP contribution is -2.45. The Balaban J connectivity index is 1.43. The number of nitrogens with zero attached hydrogens (tertiary/aromatic N) is 3. The molecular formula is C20H25FN4O2. The minimum Gasteiger partial charge on any atom is -0.381 e. The van der Waals surface area contributed by atoms with Crippen molar-refractivity contribution in [1.29, 1.82) is 0 Å². The predicted octanol–water partition coefficient (Wildman–Crippen LogP) is 2.12. The minimum absolute atomic E-state index is 0.000949. The Labute approximate surface area is 158 Å². The maximum absolute atomic E-state index is 14.0. The summed E-state index contributed by atoms with van der Waals surface area (Å²) in [5.74, 6) is 0.263. The Hall–Kier alpha value is -2.25. The number of benzene rings is 1. The molecule has 1 atom stereocenters. The van der Waals surface area contributed by atoms with Crippen molar-refractivity contribution in [3.8, 4) is 0 Å². The Morgan fingerprint density at radius 2 is 2.11 bits per heavy atom. The predicted molar refractivity (Wildman–Crippen MR) is 98.3 cm³/mol. The molecule has 144 valence electrons. The van der Waals surface area contributed by atoms with Crippen LogP contribution in [0, 0.1) is 11.7 Å². The molecule has 0 radical (unpaired) electrons. The summed E-state index contributed by atoms with van der Waals surface area (Å²) in [4.78, 5) is 19.2. The lowest BCUT2D eigenvalue weighted by molar-refractivity contribution is -0.126. The molecule has 1 fully saturated rings. The molecule has 27 heavy (non-hydrogen) atoms. The van der Waals surface area contributed by atoms with E-state index in [-0.39, 0.29) is 17.8 Å². The molecule has 2 aliphatic heterocycles.